The summed E-state index contributed by atoms with van der Waals surface area (Å²) in [6.45, 7) is 0.493. The van der Waals surface area contributed by atoms with Crippen LogP contribution in [0.15, 0.2) is 114 Å². The predicted molar refractivity (Wildman–Crippen MR) is 134 cm³/mol. The summed E-state index contributed by atoms with van der Waals surface area (Å²) in [6, 6.07) is 33.4. The van der Waals surface area contributed by atoms with Crippen molar-refractivity contribution in [2.75, 3.05) is 6.61 Å². The van der Waals surface area contributed by atoms with Crippen LogP contribution in [0, 0.1) is 0 Å². The zero-order chi connectivity index (χ0) is 21.8. The Kier molecular flexibility index (Phi) is 6.44. The van der Waals surface area contributed by atoms with E-state index in [4.69, 9.17) is 13.9 Å². The third-order valence-corrected chi connectivity index (χ3v) is 7.22. The summed E-state index contributed by atoms with van der Waals surface area (Å²) in [4.78, 5) is 0. The van der Waals surface area contributed by atoms with Gasteiger partial charge in [0.15, 0.2) is 0 Å². The summed E-state index contributed by atoms with van der Waals surface area (Å²) >= 11 is 2.48. The van der Waals surface area contributed by atoms with Crippen molar-refractivity contribution in [2.24, 2.45) is 0 Å². The topological polar surface area (TPSA) is 31.6 Å². The van der Waals surface area contributed by atoms with Crippen LogP contribution < -0.4 is 0 Å². The molecule has 1 aliphatic rings. The fourth-order valence-corrected chi connectivity index (χ4v) is 5.69. The summed E-state index contributed by atoms with van der Waals surface area (Å²) in [7, 11) is 0. The van der Waals surface area contributed by atoms with Crippen molar-refractivity contribution in [2.45, 2.75) is 28.2 Å². The number of alkyl halides is 1. The molecule has 32 heavy (non-hydrogen) atoms. The van der Waals surface area contributed by atoms with Crippen molar-refractivity contribution in [3.63, 3.8) is 0 Å². The Morgan fingerprint density at radius 2 is 1.31 bits per heavy atom. The van der Waals surface area contributed by atoms with Crippen LogP contribution in [0.3, 0.4) is 0 Å². The molecule has 0 bridgehead atoms. The van der Waals surface area contributed by atoms with E-state index in [9.17, 15) is 0 Å². The van der Waals surface area contributed by atoms with Gasteiger partial charge in [0.05, 0.1) is 31.3 Å². The predicted octanol–water partition coefficient (Wildman–Crippen LogP) is 6.92. The molecular weight excluding hydrogens is 511 g/mol. The standard InChI is InChI=1S/C28H25IO3/c29-26-18-25(32-27(26)21-16-17-30-19-21)20-31-28(22-10-4-1-5-11-22,23-12-6-2-7-13-23)24-14-8-3-9-15-24/h1-17,19,25-27H,18,20H2/t25-,26-,27+/m0/s1. The van der Waals surface area contributed by atoms with Gasteiger partial charge in [-0.25, -0.2) is 0 Å². The molecule has 0 radical (unpaired) electrons. The van der Waals surface area contributed by atoms with Gasteiger partial charge in [-0.2, -0.15) is 0 Å². The molecule has 3 aromatic carbocycles. The lowest BCUT2D eigenvalue weighted by Crippen LogP contribution is -2.35. The van der Waals surface area contributed by atoms with E-state index in [0.717, 1.165) is 28.7 Å². The normalized spacial score (nSPS) is 21.0. The van der Waals surface area contributed by atoms with Crippen molar-refractivity contribution in [1.29, 1.82) is 0 Å². The number of furan rings is 1. The summed E-state index contributed by atoms with van der Waals surface area (Å²) < 4.78 is 19.0. The summed E-state index contributed by atoms with van der Waals surface area (Å²) in [5, 5.41) is 0. The van der Waals surface area contributed by atoms with Crippen LogP contribution in [0.5, 0.6) is 0 Å². The van der Waals surface area contributed by atoms with Gasteiger partial charge in [0.2, 0.25) is 0 Å². The van der Waals surface area contributed by atoms with Crippen LogP contribution in [0.4, 0.5) is 0 Å². The molecule has 0 spiro atoms. The molecule has 1 aromatic heterocycles. The quantitative estimate of drug-likeness (QED) is 0.146. The molecule has 0 amide bonds. The van der Waals surface area contributed by atoms with Crippen molar-refractivity contribution < 1.29 is 13.9 Å². The Morgan fingerprint density at radius 3 is 1.78 bits per heavy atom. The fraction of sp³-hybridized carbons (Fsp3) is 0.214. The van der Waals surface area contributed by atoms with Crippen LogP contribution >= 0.6 is 22.6 Å². The van der Waals surface area contributed by atoms with Crippen molar-refractivity contribution in [1.82, 2.24) is 0 Å². The highest BCUT2D eigenvalue weighted by Crippen LogP contribution is 2.43. The minimum atomic E-state index is -0.721. The first kappa shape index (κ1) is 21.4. The molecule has 0 N–H and O–H groups in total. The van der Waals surface area contributed by atoms with E-state index in [2.05, 4.69) is 95.4 Å². The van der Waals surface area contributed by atoms with Crippen LogP contribution in [0.25, 0.3) is 0 Å². The van der Waals surface area contributed by atoms with Crippen LogP contribution in [-0.4, -0.2) is 16.6 Å². The smallest absolute Gasteiger partial charge is 0.143 e. The monoisotopic (exact) mass is 536 g/mol. The van der Waals surface area contributed by atoms with Crippen LogP contribution in [-0.2, 0) is 15.1 Å². The number of ether oxygens (including phenoxy) is 2. The molecule has 0 unspecified atom stereocenters. The molecule has 3 nitrogen and oxygen atoms in total. The SMILES string of the molecule is I[C@H]1C[C@@H](COC(c2ccccc2)(c2ccccc2)c2ccccc2)O[C@@H]1c1ccoc1. The lowest BCUT2D eigenvalue weighted by Gasteiger charge is -2.36. The average molecular weight is 536 g/mol. The van der Waals surface area contributed by atoms with Crippen LogP contribution in [0.2, 0.25) is 0 Å². The summed E-state index contributed by atoms with van der Waals surface area (Å²) in [6.07, 6.45) is 4.46. The molecule has 0 saturated carbocycles. The van der Waals surface area contributed by atoms with E-state index in [1.54, 1.807) is 12.5 Å². The van der Waals surface area contributed by atoms with Crippen molar-refractivity contribution in [3.8, 4) is 0 Å². The molecule has 4 heteroatoms. The van der Waals surface area contributed by atoms with Gasteiger partial charge in [0.1, 0.15) is 5.60 Å². The highest BCUT2D eigenvalue weighted by molar-refractivity contribution is 14.1. The third kappa shape index (κ3) is 4.15. The molecule has 1 aliphatic heterocycles. The zero-order valence-corrected chi connectivity index (χ0v) is 19.8. The highest BCUT2D eigenvalue weighted by Gasteiger charge is 2.41. The molecule has 0 aliphatic carbocycles. The summed E-state index contributed by atoms with van der Waals surface area (Å²) in [5.41, 5.74) is 3.68. The molecule has 1 saturated heterocycles. The van der Waals surface area contributed by atoms with Gasteiger partial charge in [-0.15, -0.1) is 0 Å². The van der Waals surface area contributed by atoms with Gasteiger partial charge in [0, 0.05) is 9.49 Å². The molecule has 2 heterocycles. The maximum absolute atomic E-state index is 6.93. The zero-order valence-electron chi connectivity index (χ0n) is 17.6. The molecule has 1 fully saturated rings. The highest BCUT2D eigenvalue weighted by atomic mass is 127. The fourth-order valence-electron chi connectivity index (χ4n) is 4.54. The van der Waals surface area contributed by atoms with Crippen LogP contribution in [0.1, 0.15) is 34.8 Å². The average Bonchev–Trinajstić information content (AvgIpc) is 3.51. The maximum atomic E-state index is 6.93. The Hall–Kier alpha value is -2.41. The van der Waals surface area contributed by atoms with Gasteiger partial charge in [0.25, 0.3) is 0 Å². The van der Waals surface area contributed by atoms with Gasteiger partial charge < -0.3 is 13.9 Å². The van der Waals surface area contributed by atoms with E-state index >= 15 is 0 Å². The minimum Gasteiger partial charge on any atom is -0.472 e. The minimum absolute atomic E-state index is 0.00677. The first-order valence-corrected chi connectivity index (χ1v) is 12.1. The van der Waals surface area contributed by atoms with Gasteiger partial charge in [-0.05, 0) is 29.2 Å². The van der Waals surface area contributed by atoms with E-state index in [1.165, 1.54) is 0 Å². The lowest BCUT2D eigenvalue weighted by molar-refractivity contribution is -0.0620. The Balaban J connectivity index is 1.51. The third-order valence-electron chi connectivity index (χ3n) is 6.05. The van der Waals surface area contributed by atoms with E-state index in [1.807, 2.05) is 24.3 Å². The number of hydrogen-bond donors (Lipinski definition) is 0. The Morgan fingerprint density at radius 1 is 0.781 bits per heavy atom. The molecule has 4 aromatic rings. The van der Waals surface area contributed by atoms with Gasteiger partial charge in [-0.3, -0.25) is 0 Å². The number of halogens is 1. The van der Waals surface area contributed by atoms with Gasteiger partial charge >= 0.3 is 0 Å². The summed E-state index contributed by atoms with van der Waals surface area (Å²) in [5.74, 6) is 0. The van der Waals surface area contributed by atoms with E-state index in [0.29, 0.717) is 10.5 Å². The maximum Gasteiger partial charge on any atom is 0.143 e. The van der Waals surface area contributed by atoms with Crippen molar-refractivity contribution in [3.05, 3.63) is 132 Å². The molecular formula is C28H25IO3. The Bertz CT molecular complexity index is 1000. The second-order valence-electron chi connectivity index (χ2n) is 8.08. The second-order valence-corrected chi connectivity index (χ2v) is 9.68. The number of hydrogen-bond acceptors (Lipinski definition) is 3. The number of rotatable bonds is 7. The number of benzene rings is 3. The largest absolute Gasteiger partial charge is 0.472 e. The van der Waals surface area contributed by atoms with Gasteiger partial charge in [-0.1, -0.05) is 114 Å². The first-order valence-electron chi connectivity index (χ1n) is 10.9. The van der Waals surface area contributed by atoms with Crippen molar-refractivity contribution >= 4 is 22.6 Å². The lowest BCUT2D eigenvalue weighted by atomic mass is 9.80. The molecule has 162 valence electrons. The first-order chi connectivity index (χ1) is 15.8. The second kappa shape index (κ2) is 9.61. The Labute approximate surface area is 202 Å². The van der Waals surface area contributed by atoms with E-state index < -0.39 is 5.60 Å². The molecule has 5 rings (SSSR count). The molecule has 3 atom stereocenters. The van der Waals surface area contributed by atoms with E-state index in [-0.39, 0.29) is 12.2 Å².